The summed E-state index contributed by atoms with van der Waals surface area (Å²) in [6, 6.07) is 0. The highest BCUT2D eigenvalue weighted by Gasteiger charge is 2.23. The van der Waals surface area contributed by atoms with Gasteiger partial charge < -0.3 is 0 Å². The third kappa shape index (κ3) is 8.44. The largest absolute Gasteiger partial charge is 0.412 e. The quantitative estimate of drug-likeness (QED) is 0.563. The number of hydrogen-bond donors (Lipinski definition) is 2. The van der Waals surface area contributed by atoms with E-state index in [2.05, 4.69) is 18.4 Å². The molecule has 9 nitrogen and oxygen atoms in total. The molecule has 0 aromatic carbocycles. The molecule has 13 heteroatoms. The molecule has 0 aliphatic rings. The van der Waals surface area contributed by atoms with Gasteiger partial charge in [0.25, 0.3) is 0 Å². The van der Waals surface area contributed by atoms with Crippen LogP contribution in [0.4, 0.5) is 0 Å². The van der Waals surface area contributed by atoms with Gasteiger partial charge >= 0.3 is 29.9 Å². The summed E-state index contributed by atoms with van der Waals surface area (Å²) in [6.45, 7) is 0. The molecule has 0 radical (unpaired) electrons. The van der Waals surface area contributed by atoms with E-state index in [0.29, 0.717) is 0 Å². The summed E-state index contributed by atoms with van der Waals surface area (Å²) in [4.78, 5) is 0. The molecule has 0 bridgehead atoms. The van der Waals surface area contributed by atoms with Gasteiger partial charge in [-0.1, -0.05) is 0 Å². The van der Waals surface area contributed by atoms with E-state index in [1.165, 1.54) is 0 Å². The lowest BCUT2D eigenvalue weighted by Gasteiger charge is -2.01. The second kappa shape index (κ2) is 3.70. The Morgan fingerprint density at radius 2 is 1.08 bits per heavy atom. The molecule has 0 spiro atoms. The van der Waals surface area contributed by atoms with Crippen LogP contribution in [-0.2, 0) is 48.3 Å². The fourth-order valence-corrected chi connectivity index (χ4v) is 3.47. The Balaban J connectivity index is 4.86. The van der Waals surface area contributed by atoms with Crippen molar-refractivity contribution in [1.29, 1.82) is 0 Å². The van der Waals surface area contributed by atoms with Crippen molar-refractivity contribution in [2.45, 2.75) is 0 Å². The Kier molecular flexibility index (Phi) is 3.73. The van der Waals surface area contributed by atoms with Crippen LogP contribution >= 0.6 is 0 Å². The van der Waals surface area contributed by atoms with Gasteiger partial charge in [-0.15, -0.1) is 7.26 Å². The molecule has 0 aromatic heterocycles. The molecule has 0 amide bonds. The van der Waals surface area contributed by atoms with E-state index in [4.69, 9.17) is 9.11 Å². The highest BCUT2D eigenvalue weighted by Crippen LogP contribution is 2.04. The molecule has 0 saturated heterocycles. The van der Waals surface area contributed by atoms with E-state index in [0.717, 1.165) is 0 Å². The normalized spacial score (nSPS) is 14.3. The van der Waals surface area contributed by atoms with Crippen molar-refractivity contribution in [3.8, 4) is 0 Å². The minimum Gasteiger partial charge on any atom is -0.263 e. The van der Waals surface area contributed by atoms with Crippen molar-refractivity contribution < 1.29 is 37.4 Å². The first-order valence-corrected chi connectivity index (χ1v) is 7.10. The minimum absolute atomic E-state index is 3.11. The Bertz CT molecular complexity index is 416. The first-order chi connectivity index (χ1) is 5.41. The molecule has 0 aromatic rings. The van der Waals surface area contributed by atoms with Crippen molar-refractivity contribution in [2.24, 2.45) is 0 Å². The van der Waals surface area contributed by atoms with Crippen molar-refractivity contribution in [3.63, 3.8) is 0 Å². The van der Waals surface area contributed by atoms with Crippen LogP contribution in [0, 0.1) is 0 Å². The van der Waals surface area contributed by atoms with E-state index in [9.17, 15) is 21.0 Å². The monoisotopic (exact) mass is 274 g/mol. The summed E-state index contributed by atoms with van der Waals surface area (Å²) >= 11 is 3.64. The van der Waals surface area contributed by atoms with Crippen LogP contribution in [0.5, 0.6) is 0 Å². The van der Waals surface area contributed by atoms with Crippen LogP contribution in [0.15, 0.2) is 0 Å². The van der Waals surface area contributed by atoms with Crippen LogP contribution in [0.2, 0.25) is 0 Å². The molecule has 80 valence electrons. The topological polar surface area (TPSA) is 144 Å². The average Bonchev–Trinajstić information content (AvgIpc) is 1.43. The fourth-order valence-electron chi connectivity index (χ4n) is 0.222. The molecule has 13 heavy (non-hydrogen) atoms. The first-order valence-electron chi connectivity index (χ1n) is 2.03. The molecule has 0 heterocycles. The van der Waals surface area contributed by atoms with Gasteiger partial charge in [0.1, 0.15) is 0 Å². The van der Waals surface area contributed by atoms with Crippen LogP contribution < -0.4 is 0 Å². The van der Waals surface area contributed by atoms with Crippen molar-refractivity contribution in [3.05, 3.63) is 0 Å². The van der Waals surface area contributed by atoms with E-state index in [1.807, 2.05) is 0 Å². The second-order valence-corrected chi connectivity index (χ2v) is 6.24. The highest BCUT2D eigenvalue weighted by atomic mass is 32.9. The van der Waals surface area contributed by atoms with E-state index >= 15 is 0 Å². The molecule has 0 unspecified atom stereocenters. The lowest BCUT2D eigenvalue weighted by atomic mass is 15.7. The van der Waals surface area contributed by atoms with Crippen LogP contribution in [0.3, 0.4) is 0 Å². The molecule has 0 rings (SSSR count). The third-order valence-corrected chi connectivity index (χ3v) is 4.05. The number of rotatable bonds is 4. The zero-order valence-corrected chi connectivity index (χ0v) is 8.65. The van der Waals surface area contributed by atoms with Gasteiger partial charge in [0.05, 0.1) is 0 Å². The summed E-state index contributed by atoms with van der Waals surface area (Å²) in [5, 5.41) is 0. The Hall–Kier alpha value is 0.110. The zero-order chi connectivity index (χ0) is 10.9. The standard InChI is InChI=1S/H2O9S4/c1-11(2,3)8-13(7,10)9-12(4,5)6/h(H,1,2,3)(H,4,5,6). The fraction of sp³-hybridized carbons (Fsp3) is 0. The van der Waals surface area contributed by atoms with Gasteiger partial charge in [0, 0.05) is 11.2 Å². The predicted octanol–water partition coefficient (Wildman–Crippen LogP) is -1.80. The average molecular weight is 274 g/mol. The number of hydrogen-bond acceptors (Lipinski definition) is 8. The maximum absolute atomic E-state index is 10.5. The van der Waals surface area contributed by atoms with Crippen molar-refractivity contribution in [1.82, 2.24) is 0 Å². The molecule has 0 fully saturated rings. The van der Waals surface area contributed by atoms with Crippen LogP contribution in [0.1, 0.15) is 0 Å². The first kappa shape index (κ1) is 13.1. The lowest BCUT2D eigenvalue weighted by molar-refractivity contribution is 0.355. The molecule has 0 saturated carbocycles. The van der Waals surface area contributed by atoms with Gasteiger partial charge in [0.2, 0.25) is 0 Å². The van der Waals surface area contributed by atoms with Crippen LogP contribution in [0.25, 0.3) is 0 Å². The second-order valence-electron chi connectivity index (χ2n) is 1.40. The maximum Gasteiger partial charge on any atom is 0.412 e. The maximum atomic E-state index is 10.5. The van der Waals surface area contributed by atoms with Crippen LogP contribution in [-0.4, -0.2) is 30.1 Å². The van der Waals surface area contributed by atoms with E-state index < -0.39 is 29.9 Å². The molecule has 0 atom stereocenters. The Labute approximate surface area is 78.6 Å². The Morgan fingerprint density at radius 3 is 1.23 bits per heavy atom. The molecular formula is H2O9S4. The summed E-state index contributed by atoms with van der Waals surface area (Å²) in [5.74, 6) is 0. The summed E-state index contributed by atoms with van der Waals surface area (Å²) in [5.41, 5.74) is 0. The minimum atomic E-state index is -5.23. The predicted molar refractivity (Wildman–Crippen MR) is 40.8 cm³/mol. The SMILES string of the molecule is O=S(=O)(O)OS(=O)(=S)OS(=O)(=O)O. The zero-order valence-electron chi connectivity index (χ0n) is 5.39. The van der Waals surface area contributed by atoms with E-state index in [-0.39, 0.29) is 0 Å². The van der Waals surface area contributed by atoms with Gasteiger partial charge in [-0.2, -0.15) is 21.0 Å². The van der Waals surface area contributed by atoms with Crippen molar-refractivity contribution in [2.75, 3.05) is 0 Å². The summed E-state index contributed by atoms with van der Waals surface area (Å²) < 4.78 is 72.0. The van der Waals surface area contributed by atoms with E-state index in [1.54, 1.807) is 0 Å². The van der Waals surface area contributed by atoms with Gasteiger partial charge in [-0.25, -0.2) is 0 Å². The molecule has 0 aliphatic heterocycles. The molecular weight excluding hydrogens is 272 g/mol. The van der Waals surface area contributed by atoms with Crippen molar-refractivity contribution >= 4 is 41.0 Å². The molecule has 0 aliphatic carbocycles. The van der Waals surface area contributed by atoms with Gasteiger partial charge in [-0.3, -0.25) is 9.11 Å². The summed E-state index contributed by atoms with van der Waals surface area (Å²) in [6.07, 6.45) is 0. The van der Waals surface area contributed by atoms with Gasteiger partial charge in [0.15, 0.2) is 0 Å². The summed E-state index contributed by atoms with van der Waals surface area (Å²) in [7, 11) is -15.2. The third-order valence-electron chi connectivity index (χ3n) is 0.339. The molecule has 2 N–H and O–H groups in total. The lowest BCUT2D eigenvalue weighted by Crippen LogP contribution is -2.17. The highest BCUT2D eigenvalue weighted by molar-refractivity contribution is 8.31. The smallest absolute Gasteiger partial charge is 0.263 e. The van der Waals surface area contributed by atoms with Gasteiger partial charge in [-0.05, 0) is 0 Å². The Morgan fingerprint density at radius 1 is 0.846 bits per heavy atom.